The molecule has 2 amide bonds. The minimum atomic E-state index is -4.40. The molecule has 2 N–H and O–H groups in total. The average Bonchev–Trinajstić information content (AvgIpc) is 2.57. The second-order valence-corrected chi connectivity index (χ2v) is 5.96. The molecule has 2 aromatic carbocycles. The molecular weight excluding hydrogens is 345 g/mol. The van der Waals surface area contributed by atoms with Gasteiger partial charge in [0.15, 0.2) is 0 Å². The summed E-state index contributed by atoms with van der Waals surface area (Å²) in [5, 5.41) is 5.08. The molecule has 26 heavy (non-hydrogen) atoms. The topological polar surface area (TPSA) is 50.4 Å². The zero-order valence-electron chi connectivity index (χ0n) is 14.8. The normalized spacial score (nSPS) is 11.2. The lowest BCUT2D eigenvalue weighted by atomic mass is 10.1. The fourth-order valence-corrected chi connectivity index (χ4v) is 2.38. The number of benzene rings is 2. The first kappa shape index (κ1) is 19.6. The van der Waals surface area contributed by atoms with Crippen molar-refractivity contribution in [1.29, 1.82) is 0 Å². The van der Waals surface area contributed by atoms with Crippen LogP contribution in [-0.4, -0.2) is 19.2 Å². The molecule has 4 nitrogen and oxygen atoms in total. The Morgan fingerprint density at radius 1 is 1.00 bits per heavy atom. The van der Waals surface area contributed by atoms with Crippen LogP contribution in [0.15, 0.2) is 36.4 Å². The van der Waals surface area contributed by atoms with E-state index in [-0.39, 0.29) is 18.8 Å². The first-order chi connectivity index (χ1) is 12.2. The number of carbonyl (C=O) groups is 1. The Labute approximate surface area is 150 Å². The number of hydrogen-bond acceptors (Lipinski definition) is 2. The quantitative estimate of drug-likeness (QED) is 0.745. The molecule has 2 rings (SSSR count). The van der Waals surface area contributed by atoms with Crippen LogP contribution >= 0.6 is 0 Å². The third kappa shape index (κ3) is 5.15. The van der Waals surface area contributed by atoms with Gasteiger partial charge in [-0.05, 0) is 61.7 Å². The first-order valence-corrected chi connectivity index (χ1v) is 8.10. The molecule has 0 aliphatic heterocycles. The summed E-state index contributed by atoms with van der Waals surface area (Å²) in [6, 6.07) is 7.74. The molecule has 0 unspecified atom stereocenters. The smallest absolute Gasteiger partial charge is 0.416 e. The second-order valence-electron chi connectivity index (χ2n) is 5.96. The molecular formula is C19H21F3N2O2. The van der Waals surface area contributed by atoms with Crippen LogP contribution in [-0.2, 0) is 6.18 Å². The van der Waals surface area contributed by atoms with Crippen molar-refractivity contribution >= 4 is 11.7 Å². The van der Waals surface area contributed by atoms with Gasteiger partial charge in [0.1, 0.15) is 12.4 Å². The number of alkyl halides is 3. The number of hydrogen-bond donors (Lipinski definition) is 2. The molecule has 0 aromatic heterocycles. The van der Waals surface area contributed by atoms with Gasteiger partial charge in [-0.3, -0.25) is 0 Å². The molecule has 0 heterocycles. The summed E-state index contributed by atoms with van der Waals surface area (Å²) in [6.07, 6.45) is -4.40. The monoisotopic (exact) mass is 366 g/mol. The minimum absolute atomic E-state index is 0.263. The number of amides is 2. The zero-order chi connectivity index (χ0) is 19.3. The van der Waals surface area contributed by atoms with Gasteiger partial charge in [0.2, 0.25) is 0 Å². The van der Waals surface area contributed by atoms with E-state index in [1.54, 1.807) is 0 Å². The lowest BCUT2D eigenvalue weighted by Crippen LogP contribution is -2.32. The van der Waals surface area contributed by atoms with Crippen molar-refractivity contribution in [3.63, 3.8) is 0 Å². The standard InChI is InChI=1S/C19H21F3N2O2/c1-12-4-5-13(2)17(14(12)3)26-11-10-23-18(25)24-16-8-6-15(7-9-16)19(20,21)22/h4-9H,10-11H2,1-3H3,(H2,23,24,25). The predicted molar refractivity (Wildman–Crippen MR) is 94.6 cm³/mol. The third-order valence-corrected chi connectivity index (χ3v) is 3.98. The Hall–Kier alpha value is -2.70. The van der Waals surface area contributed by atoms with E-state index in [4.69, 9.17) is 4.74 Å². The Morgan fingerprint density at radius 3 is 2.23 bits per heavy atom. The molecule has 0 aliphatic rings. The van der Waals surface area contributed by atoms with Crippen molar-refractivity contribution < 1.29 is 22.7 Å². The van der Waals surface area contributed by atoms with E-state index in [0.29, 0.717) is 0 Å². The van der Waals surface area contributed by atoms with Crippen LogP contribution in [0, 0.1) is 20.8 Å². The van der Waals surface area contributed by atoms with Crippen LogP contribution in [0.5, 0.6) is 5.75 Å². The van der Waals surface area contributed by atoms with E-state index in [1.807, 2.05) is 32.9 Å². The molecule has 7 heteroatoms. The van der Waals surface area contributed by atoms with E-state index in [1.165, 1.54) is 12.1 Å². The summed E-state index contributed by atoms with van der Waals surface area (Å²) in [6.45, 7) is 6.47. The van der Waals surface area contributed by atoms with E-state index in [9.17, 15) is 18.0 Å². The Balaban J connectivity index is 1.80. The van der Waals surface area contributed by atoms with E-state index < -0.39 is 17.8 Å². The van der Waals surface area contributed by atoms with Crippen molar-refractivity contribution in [2.75, 3.05) is 18.5 Å². The highest BCUT2D eigenvalue weighted by molar-refractivity contribution is 5.89. The maximum atomic E-state index is 12.5. The molecule has 140 valence electrons. The Morgan fingerprint density at radius 2 is 1.62 bits per heavy atom. The number of urea groups is 1. The van der Waals surface area contributed by atoms with Gasteiger partial charge in [-0.15, -0.1) is 0 Å². The summed E-state index contributed by atoms with van der Waals surface area (Å²) in [5.41, 5.74) is 2.71. The summed E-state index contributed by atoms with van der Waals surface area (Å²) in [5.74, 6) is 0.801. The largest absolute Gasteiger partial charge is 0.491 e. The summed E-state index contributed by atoms with van der Waals surface area (Å²) in [7, 11) is 0. The maximum Gasteiger partial charge on any atom is 0.416 e. The van der Waals surface area contributed by atoms with Crippen molar-refractivity contribution in [3.8, 4) is 5.75 Å². The highest BCUT2D eigenvalue weighted by Crippen LogP contribution is 2.29. The van der Waals surface area contributed by atoms with E-state index in [2.05, 4.69) is 10.6 Å². The number of rotatable bonds is 5. The highest BCUT2D eigenvalue weighted by atomic mass is 19.4. The van der Waals surface area contributed by atoms with Crippen LogP contribution in [0.1, 0.15) is 22.3 Å². The zero-order valence-corrected chi connectivity index (χ0v) is 14.8. The minimum Gasteiger partial charge on any atom is -0.491 e. The Kier molecular flexibility index (Phi) is 6.13. The average molecular weight is 366 g/mol. The van der Waals surface area contributed by atoms with Gasteiger partial charge in [-0.25, -0.2) is 4.79 Å². The third-order valence-electron chi connectivity index (χ3n) is 3.98. The predicted octanol–water partition coefficient (Wildman–Crippen LogP) is 4.83. The molecule has 0 aliphatic carbocycles. The molecule has 0 atom stereocenters. The molecule has 0 saturated heterocycles. The van der Waals surface area contributed by atoms with Gasteiger partial charge in [0, 0.05) is 5.69 Å². The second kappa shape index (κ2) is 8.12. The summed E-state index contributed by atoms with van der Waals surface area (Å²) in [4.78, 5) is 11.8. The van der Waals surface area contributed by atoms with Crippen LogP contribution in [0.25, 0.3) is 0 Å². The van der Waals surface area contributed by atoms with Gasteiger partial charge in [-0.1, -0.05) is 12.1 Å². The number of aryl methyl sites for hydroxylation is 2. The summed E-state index contributed by atoms with van der Waals surface area (Å²) >= 11 is 0. The van der Waals surface area contributed by atoms with Crippen molar-refractivity contribution in [1.82, 2.24) is 5.32 Å². The van der Waals surface area contributed by atoms with Crippen LogP contribution in [0.2, 0.25) is 0 Å². The van der Waals surface area contributed by atoms with Gasteiger partial charge in [-0.2, -0.15) is 13.2 Å². The molecule has 2 aromatic rings. The number of anilines is 1. The van der Waals surface area contributed by atoms with Gasteiger partial charge < -0.3 is 15.4 Å². The Bertz CT molecular complexity index is 772. The molecule has 0 bridgehead atoms. The number of carbonyl (C=O) groups excluding carboxylic acids is 1. The lowest BCUT2D eigenvalue weighted by Gasteiger charge is -2.14. The number of nitrogens with one attached hydrogen (secondary N) is 2. The van der Waals surface area contributed by atoms with Crippen LogP contribution in [0.3, 0.4) is 0 Å². The fraction of sp³-hybridized carbons (Fsp3) is 0.316. The molecule has 0 saturated carbocycles. The number of ether oxygens (including phenoxy) is 1. The first-order valence-electron chi connectivity index (χ1n) is 8.10. The van der Waals surface area contributed by atoms with Gasteiger partial charge in [0.25, 0.3) is 0 Å². The fourth-order valence-electron chi connectivity index (χ4n) is 2.38. The van der Waals surface area contributed by atoms with Crippen molar-refractivity contribution in [2.24, 2.45) is 0 Å². The van der Waals surface area contributed by atoms with E-state index in [0.717, 1.165) is 34.6 Å². The lowest BCUT2D eigenvalue weighted by molar-refractivity contribution is -0.137. The maximum absolute atomic E-state index is 12.5. The molecule has 0 radical (unpaired) electrons. The van der Waals surface area contributed by atoms with Gasteiger partial charge in [0.05, 0.1) is 12.1 Å². The molecule has 0 fully saturated rings. The van der Waals surface area contributed by atoms with E-state index >= 15 is 0 Å². The highest BCUT2D eigenvalue weighted by Gasteiger charge is 2.29. The van der Waals surface area contributed by atoms with Crippen LogP contribution < -0.4 is 15.4 Å². The van der Waals surface area contributed by atoms with Crippen molar-refractivity contribution in [3.05, 3.63) is 58.7 Å². The number of halogens is 3. The van der Waals surface area contributed by atoms with Crippen LogP contribution in [0.4, 0.5) is 23.7 Å². The van der Waals surface area contributed by atoms with Crippen molar-refractivity contribution in [2.45, 2.75) is 26.9 Å². The SMILES string of the molecule is Cc1ccc(C)c(OCCNC(=O)Nc2ccc(C(F)(F)F)cc2)c1C. The van der Waals surface area contributed by atoms with Gasteiger partial charge >= 0.3 is 12.2 Å². The molecule has 0 spiro atoms. The summed E-state index contributed by atoms with van der Waals surface area (Å²) < 4.78 is 43.2.